The molecule has 0 unspecified atom stereocenters. The van der Waals surface area contributed by atoms with Crippen LogP contribution in [0.2, 0.25) is 0 Å². The molecule has 10 heteroatoms. The molecule has 0 saturated heterocycles. The summed E-state index contributed by atoms with van der Waals surface area (Å²) in [7, 11) is 0. The topological polar surface area (TPSA) is 106 Å². The highest BCUT2D eigenvalue weighted by Crippen LogP contribution is 2.29. The summed E-state index contributed by atoms with van der Waals surface area (Å²) in [5, 5.41) is 0.747. The Morgan fingerprint density at radius 1 is 1.26 bits per heavy atom. The molecule has 5 rings (SSSR count). The van der Waals surface area contributed by atoms with E-state index in [-0.39, 0.29) is 17.2 Å². The first kappa shape index (κ1) is 19.8. The van der Waals surface area contributed by atoms with E-state index in [4.69, 9.17) is 9.15 Å². The van der Waals surface area contributed by atoms with Crippen molar-refractivity contribution in [3.05, 3.63) is 45.0 Å². The van der Waals surface area contributed by atoms with E-state index in [2.05, 4.69) is 30.9 Å². The fourth-order valence-corrected chi connectivity index (χ4v) is 3.96. The number of aromatic amines is 1. The number of nitrogens with one attached hydrogen (secondary N) is 1. The molecule has 31 heavy (non-hydrogen) atoms. The van der Waals surface area contributed by atoms with Gasteiger partial charge in [0.25, 0.3) is 5.56 Å². The molecule has 0 radical (unpaired) electrons. The molecule has 3 aromatic heterocycles. The van der Waals surface area contributed by atoms with Gasteiger partial charge in [0, 0.05) is 29.1 Å². The highest BCUT2D eigenvalue weighted by Gasteiger charge is 2.27. The van der Waals surface area contributed by atoms with Crippen molar-refractivity contribution in [2.45, 2.75) is 39.5 Å². The number of hydrogen-bond donors (Lipinski definition) is 1. The number of carbonyl (C=O) groups excluding carboxylic acids is 1. The molecule has 4 heterocycles. The Bertz CT molecular complexity index is 1390. The molecule has 0 bridgehead atoms. The van der Waals surface area contributed by atoms with Crippen LogP contribution in [-0.2, 0) is 17.8 Å². The second-order valence-electron chi connectivity index (χ2n) is 8.47. The average Bonchev–Trinajstić information content (AvgIpc) is 3.27. The number of hydrogen-bond acceptors (Lipinski definition) is 6. The van der Waals surface area contributed by atoms with Crippen LogP contribution in [0.4, 0.5) is 4.79 Å². The van der Waals surface area contributed by atoms with Gasteiger partial charge in [-0.15, -0.1) is 0 Å². The summed E-state index contributed by atoms with van der Waals surface area (Å²) in [6.45, 7) is 6.93. The molecule has 0 saturated carbocycles. The number of fused-ring (bicyclic) bond motifs is 4. The van der Waals surface area contributed by atoms with E-state index < -0.39 is 5.60 Å². The van der Waals surface area contributed by atoms with Crippen LogP contribution < -0.4 is 5.56 Å². The number of benzene rings is 1. The number of nitrogens with zero attached hydrogens (tertiary/aromatic N) is 4. The number of aromatic nitrogens is 4. The van der Waals surface area contributed by atoms with Crippen molar-refractivity contribution in [2.75, 3.05) is 6.54 Å². The third-order valence-corrected chi connectivity index (χ3v) is 5.48. The van der Waals surface area contributed by atoms with Gasteiger partial charge in [-0.05, 0) is 39.0 Å². The lowest BCUT2D eigenvalue weighted by molar-refractivity contribution is 0.0195. The molecule has 1 N–H and O–H groups in total. The molecular weight excluding hydrogens is 466 g/mol. The Kier molecular flexibility index (Phi) is 4.44. The van der Waals surface area contributed by atoms with Gasteiger partial charge in [-0.1, -0.05) is 15.9 Å². The fraction of sp³-hybridized carbons (Fsp3) is 0.333. The molecule has 1 aliphatic rings. The second kappa shape index (κ2) is 6.94. The van der Waals surface area contributed by atoms with Crippen LogP contribution in [0, 0.1) is 0 Å². The maximum Gasteiger partial charge on any atom is 0.410 e. The molecule has 9 nitrogen and oxygen atoms in total. The van der Waals surface area contributed by atoms with Gasteiger partial charge >= 0.3 is 6.09 Å². The van der Waals surface area contributed by atoms with Crippen molar-refractivity contribution in [1.29, 1.82) is 0 Å². The summed E-state index contributed by atoms with van der Waals surface area (Å²) in [4.78, 5) is 38.7. The number of amides is 1. The van der Waals surface area contributed by atoms with Crippen molar-refractivity contribution in [3.8, 4) is 11.5 Å². The zero-order valence-corrected chi connectivity index (χ0v) is 18.8. The van der Waals surface area contributed by atoms with Gasteiger partial charge in [0.05, 0.1) is 6.54 Å². The largest absolute Gasteiger partial charge is 0.449 e. The number of halogens is 1. The van der Waals surface area contributed by atoms with E-state index in [9.17, 15) is 9.59 Å². The van der Waals surface area contributed by atoms with Crippen LogP contribution in [-0.4, -0.2) is 42.7 Å². The average molecular weight is 486 g/mol. The molecule has 0 spiro atoms. The Hall–Kier alpha value is -3.14. The van der Waals surface area contributed by atoms with E-state index in [0.29, 0.717) is 48.1 Å². The number of rotatable bonds is 1. The summed E-state index contributed by atoms with van der Waals surface area (Å²) in [6.07, 6.45) is 1.47. The number of ether oxygens (including phenoxy) is 1. The first-order chi connectivity index (χ1) is 14.7. The molecule has 4 aromatic rings. The normalized spacial score (nSPS) is 14.3. The van der Waals surface area contributed by atoms with Crippen LogP contribution in [0.1, 0.15) is 26.6 Å². The first-order valence-corrected chi connectivity index (χ1v) is 10.6. The van der Waals surface area contributed by atoms with Crippen LogP contribution >= 0.6 is 15.9 Å². The molecule has 0 aliphatic carbocycles. The lowest BCUT2D eigenvalue weighted by Gasteiger charge is -2.30. The summed E-state index contributed by atoms with van der Waals surface area (Å²) < 4.78 is 14.0. The summed E-state index contributed by atoms with van der Waals surface area (Å²) in [5.74, 6) is 1.06. The van der Waals surface area contributed by atoms with E-state index in [1.807, 2.05) is 43.7 Å². The number of furan rings is 1. The Morgan fingerprint density at radius 3 is 2.84 bits per heavy atom. The number of H-pyrrole nitrogens is 1. The van der Waals surface area contributed by atoms with Gasteiger partial charge in [-0.3, -0.25) is 9.69 Å². The first-order valence-electron chi connectivity index (χ1n) is 9.84. The Balaban J connectivity index is 1.51. The zero-order chi connectivity index (χ0) is 21.9. The second-order valence-corrected chi connectivity index (χ2v) is 9.39. The van der Waals surface area contributed by atoms with Crippen LogP contribution in [0.15, 0.2) is 38.1 Å². The SMILES string of the molecule is CC(C)(C)OC(=O)N1CCn2cc(-c3nc4c(oc5ccc(Br)cc54)c(=O)[nH]3)nc2C1. The van der Waals surface area contributed by atoms with Crippen LogP contribution in [0.3, 0.4) is 0 Å². The molecule has 0 atom stereocenters. The van der Waals surface area contributed by atoms with E-state index in [1.54, 1.807) is 11.0 Å². The minimum Gasteiger partial charge on any atom is -0.449 e. The number of carbonyl (C=O) groups is 1. The molecule has 160 valence electrons. The smallest absolute Gasteiger partial charge is 0.410 e. The van der Waals surface area contributed by atoms with Crippen molar-refractivity contribution in [3.63, 3.8) is 0 Å². The predicted octanol–water partition coefficient (Wildman–Crippen LogP) is 4.05. The van der Waals surface area contributed by atoms with Crippen molar-refractivity contribution in [2.24, 2.45) is 0 Å². The summed E-state index contributed by atoms with van der Waals surface area (Å²) in [5.41, 5.74) is 0.855. The molecule has 0 fully saturated rings. The van der Waals surface area contributed by atoms with Crippen LogP contribution in [0.5, 0.6) is 0 Å². The third-order valence-electron chi connectivity index (χ3n) is 4.98. The summed E-state index contributed by atoms with van der Waals surface area (Å²) in [6, 6.07) is 5.51. The highest BCUT2D eigenvalue weighted by molar-refractivity contribution is 9.10. The minimum absolute atomic E-state index is 0.178. The molecule has 1 amide bonds. The maximum atomic E-state index is 12.6. The summed E-state index contributed by atoms with van der Waals surface area (Å²) >= 11 is 3.45. The Labute approximate surface area is 185 Å². The minimum atomic E-state index is -0.559. The zero-order valence-electron chi connectivity index (χ0n) is 17.2. The van der Waals surface area contributed by atoms with Crippen molar-refractivity contribution < 1.29 is 13.9 Å². The lowest BCUT2D eigenvalue weighted by atomic mass is 10.2. The maximum absolute atomic E-state index is 12.6. The van der Waals surface area contributed by atoms with Gasteiger partial charge in [-0.2, -0.15) is 0 Å². The van der Waals surface area contributed by atoms with Gasteiger partial charge in [0.1, 0.15) is 28.2 Å². The van der Waals surface area contributed by atoms with Gasteiger partial charge in [0.15, 0.2) is 5.82 Å². The van der Waals surface area contributed by atoms with Crippen molar-refractivity contribution >= 4 is 44.1 Å². The third kappa shape index (κ3) is 3.60. The predicted molar refractivity (Wildman–Crippen MR) is 118 cm³/mol. The highest BCUT2D eigenvalue weighted by atomic mass is 79.9. The fourth-order valence-electron chi connectivity index (χ4n) is 3.60. The van der Waals surface area contributed by atoms with E-state index in [1.165, 1.54) is 0 Å². The van der Waals surface area contributed by atoms with Crippen molar-refractivity contribution in [1.82, 2.24) is 24.4 Å². The van der Waals surface area contributed by atoms with Gasteiger partial charge < -0.3 is 18.7 Å². The molecule has 1 aromatic carbocycles. The van der Waals surface area contributed by atoms with Gasteiger partial charge in [-0.25, -0.2) is 14.8 Å². The van der Waals surface area contributed by atoms with E-state index >= 15 is 0 Å². The quantitative estimate of drug-likeness (QED) is 0.435. The molecular formula is C21H20BrN5O4. The van der Waals surface area contributed by atoms with Gasteiger partial charge in [0.2, 0.25) is 5.58 Å². The van der Waals surface area contributed by atoms with Crippen LogP contribution in [0.25, 0.3) is 33.6 Å². The molecule has 1 aliphatic heterocycles. The monoisotopic (exact) mass is 485 g/mol. The number of imidazole rings is 1. The Morgan fingerprint density at radius 2 is 2.06 bits per heavy atom. The van der Waals surface area contributed by atoms with E-state index in [0.717, 1.165) is 9.86 Å². The standard InChI is InChI=1S/C21H20BrN5O4/c1-21(2,3)31-20(29)27-7-6-26-9-13(23-15(26)10-27)18-24-16-12-8-11(22)4-5-14(12)30-17(16)19(28)25-18/h4-5,8-9H,6-7,10H2,1-3H3,(H,24,25,28). The lowest BCUT2D eigenvalue weighted by Crippen LogP contribution is -2.41.